The van der Waals surface area contributed by atoms with Gasteiger partial charge in [-0.05, 0) is 59.3 Å². The van der Waals surface area contributed by atoms with E-state index in [9.17, 15) is 0 Å². The largest absolute Gasteiger partial charge is 0.398 e. The van der Waals surface area contributed by atoms with Crippen LogP contribution in [0.15, 0.2) is 16.6 Å². The number of nitrogen functional groups attached to an aromatic ring is 1. The van der Waals surface area contributed by atoms with Crippen molar-refractivity contribution in [3.8, 4) is 0 Å². The predicted octanol–water partition coefficient (Wildman–Crippen LogP) is 4.33. The second-order valence-corrected chi connectivity index (χ2v) is 5.93. The maximum absolute atomic E-state index is 5.87. The standard InChI is InChI=1S/C14H21BrN2/c1-10-7-14(12(15)8-13(10)16)17-9-11-5-3-2-4-6-11/h7-8,11,17H,2-6,9,16H2,1H3. The fourth-order valence-electron chi connectivity index (χ4n) is 2.48. The molecule has 0 atom stereocenters. The molecule has 1 aromatic carbocycles. The molecule has 0 saturated heterocycles. The summed E-state index contributed by atoms with van der Waals surface area (Å²) in [6.45, 7) is 3.13. The van der Waals surface area contributed by atoms with Gasteiger partial charge in [0, 0.05) is 22.4 Å². The van der Waals surface area contributed by atoms with Crippen molar-refractivity contribution in [2.24, 2.45) is 5.92 Å². The van der Waals surface area contributed by atoms with Crippen molar-refractivity contribution in [1.82, 2.24) is 0 Å². The Bertz CT molecular complexity index is 384. The number of nitrogens with one attached hydrogen (secondary N) is 1. The van der Waals surface area contributed by atoms with E-state index in [0.29, 0.717) is 0 Å². The number of anilines is 2. The first-order chi connectivity index (χ1) is 8.16. The molecule has 0 amide bonds. The Morgan fingerprint density at radius 2 is 2.00 bits per heavy atom. The molecule has 0 bridgehead atoms. The molecular formula is C14H21BrN2. The molecule has 0 unspecified atom stereocenters. The number of hydrogen-bond acceptors (Lipinski definition) is 2. The van der Waals surface area contributed by atoms with Crippen LogP contribution in [0.1, 0.15) is 37.7 Å². The summed E-state index contributed by atoms with van der Waals surface area (Å²) in [4.78, 5) is 0. The third kappa shape index (κ3) is 3.38. The summed E-state index contributed by atoms with van der Waals surface area (Å²) in [6.07, 6.45) is 6.96. The normalized spacial score (nSPS) is 17.1. The van der Waals surface area contributed by atoms with Gasteiger partial charge in [-0.25, -0.2) is 0 Å². The van der Waals surface area contributed by atoms with Gasteiger partial charge in [0.25, 0.3) is 0 Å². The second-order valence-electron chi connectivity index (χ2n) is 5.07. The monoisotopic (exact) mass is 296 g/mol. The van der Waals surface area contributed by atoms with E-state index in [4.69, 9.17) is 5.73 Å². The summed E-state index contributed by atoms with van der Waals surface area (Å²) in [6, 6.07) is 4.11. The van der Waals surface area contributed by atoms with Crippen LogP contribution in [-0.2, 0) is 0 Å². The minimum Gasteiger partial charge on any atom is -0.398 e. The summed E-state index contributed by atoms with van der Waals surface area (Å²) in [5, 5.41) is 3.55. The van der Waals surface area contributed by atoms with Gasteiger partial charge in [-0.2, -0.15) is 0 Å². The Kier molecular flexibility index (Phi) is 4.32. The van der Waals surface area contributed by atoms with Crippen LogP contribution < -0.4 is 11.1 Å². The SMILES string of the molecule is Cc1cc(NCC2CCCCC2)c(Br)cc1N. The number of halogens is 1. The predicted molar refractivity (Wildman–Crippen MR) is 78.4 cm³/mol. The molecule has 2 nitrogen and oxygen atoms in total. The highest BCUT2D eigenvalue weighted by Gasteiger charge is 2.13. The minimum absolute atomic E-state index is 0.841. The molecule has 2 rings (SSSR count). The molecule has 1 saturated carbocycles. The average molecular weight is 297 g/mol. The Morgan fingerprint density at radius 1 is 1.29 bits per heavy atom. The number of hydrogen-bond donors (Lipinski definition) is 2. The van der Waals surface area contributed by atoms with Crippen LogP contribution in [0.4, 0.5) is 11.4 Å². The molecule has 1 aliphatic rings. The molecule has 3 heteroatoms. The van der Waals surface area contributed by atoms with Gasteiger partial charge in [-0.15, -0.1) is 0 Å². The van der Waals surface area contributed by atoms with Crippen LogP contribution >= 0.6 is 15.9 Å². The van der Waals surface area contributed by atoms with Gasteiger partial charge in [0.15, 0.2) is 0 Å². The van der Waals surface area contributed by atoms with E-state index in [1.807, 2.05) is 13.0 Å². The van der Waals surface area contributed by atoms with E-state index in [-0.39, 0.29) is 0 Å². The maximum Gasteiger partial charge on any atom is 0.0488 e. The molecule has 1 fully saturated rings. The number of rotatable bonds is 3. The summed E-state index contributed by atoms with van der Waals surface area (Å²) in [7, 11) is 0. The second kappa shape index (κ2) is 5.76. The van der Waals surface area contributed by atoms with Crippen LogP contribution in [0.5, 0.6) is 0 Å². The lowest BCUT2D eigenvalue weighted by Crippen LogP contribution is -2.17. The topological polar surface area (TPSA) is 38.0 Å². The Balaban J connectivity index is 1.96. The molecule has 3 N–H and O–H groups in total. The third-order valence-electron chi connectivity index (χ3n) is 3.66. The smallest absolute Gasteiger partial charge is 0.0488 e. The summed E-state index contributed by atoms with van der Waals surface area (Å²) in [5.74, 6) is 0.841. The third-order valence-corrected chi connectivity index (χ3v) is 4.32. The summed E-state index contributed by atoms with van der Waals surface area (Å²) < 4.78 is 1.07. The minimum atomic E-state index is 0.841. The highest BCUT2D eigenvalue weighted by atomic mass is 79.9. The lowest BCUT2D eigenvalue weighted by atomic mass is 9.89. The first kappa shape index (κ1) is 12.7. The molecule has 0 radical (unpaired) electrons. The van der Waals surface area contributed by atoms with Crippen LogP contribution in [0.3, 0.4) is 0 Å². The van der Waals surface area contributed by atoms with Crippen LogP contribution in [-0.4, -0.2) is 6.54 Å². The fourth-order valence-corrected chi connectivity index (χ4v) is 2.98. The van der Waals surface area contributed by atoms with Gasteiger partial charge < -0.3 is 11.1 Å². The zero-order valence-corrected chi connectivity index (χ0v) is 12.0. The Morgan fingerprint density at radius 3 is 2.71 bits per heavy atom. The first-order valence-electron chi connectivity index (χ1n) is 6.46. The average Bonchev–Trinajstić information content (AvgIpc) is 2.33. The quantitative estimate of drug-likeness (QED) is 0.815. The molecule has 1 aliphatic carbocycles. The number of nitrogens with two attached hydrogens (primary N) is 1. The van der Waals surface area contributed by atoms with Crippen molar-refractivity contribution < 1.29 is 0 Å². The maximum atomic E-state index is 5.87. The molecule has 0 aromatic heterocycles. The van der Waals surface area contributed by atoms with E-state index in [1.165, 1.54) is 37.8 Å². The van der Waals surface area contributed by atoms with E-state index in [1.54, 1.807) is 0 Å². The molecule has 94 valence electrons. The van der Waals surface area contributed by atoms with Crippen molar-refractivity contribution in [3.05, 3.63) is 22.2 Å². The molecule has 1 aromatic rings. The van der Waals surface area contributed by atoms with Crippen molar-refractivity contribution >= 4 is 27.3 Å². The lowest BCUT2D eigenvalue weighted by Gasteiger charge is -2.22. The van der Waals surface area contributed by atoms with Gasteiger partial charge in [0.05, 0.1) is 0 Å². The van der Waals surface area contributed by atoms with Crippen molar-refractivity contribution in [2.45, 2.75) is 39.0 Å². The van der Waals surface area contributed by atoms with Crippen LogP contribution in [0.2, 0.25) is 0 Å². The zero-order valence-electron chi connectivity index (χ0n) is 10.4. The number of aryl methyl sites for hydroxylation is 1. The van der Waals surface area contributed by atoms with Gasteiger partial charge in [0.2, 0.25) is 0 Å². The molecule has 0 aliphatic heterocycles. The lowest BCUT2D eigenvalue weighted by molar-refractivity contribution is 0.373. The van der Waals surface area contributed by atoms with Crippen LogP contribution in [0.25, 0.3) is 0 Å². The Hall–Kier alpha value is -0.700. The van der Waals surface area contributed by atoms with Gasteiger partial charge in [0.1, 0.15) is 0 Å². The molecule has 17 heavy (non-hydrogen) atoms. The van der Waals surface area contributed by atoms with Gasteiger partial charge in [-0.3, -0.25) is 0 Å². The molecule has 0 heterocycles. The number of benzene rings is 1. The van der Waals surface area contributed by atoms with E-state index in [2.05, 4.69) is 27.3 Å². The first-order valence-corrected chi connectivity index (χ1v) is 7.25. The summed E-state index contributed by atoms with van der Waals surface area (Å²) in [5.41, 5.74) is 9.03. The Labute approximate surface area is 112 Å². The van der Waals surface area contributed by atoms with E-state index < -0.39 is 0 Å². The molecular weight excluding hydrogens is 276 g/mol. The van der Waals surface area contributed by atoms with Crippen molar-refractivity contribution in [2.75, 3.05) is 17.6 Å². The highest BCUT2D eigenvalue weighted by molar-refractivity contribution is 9.10. The van der Waals surface area contributed by atoms with Gasteiger partial charge >= 0.3 is 0 Å². The summed E-state index contributed by atoms with van der Waals surface area (Å²) >= 11 is 3.56. The van der Waals surface area contributed by atoms with E-state index in [0.717, 1.165) is 28.2 Å². The van der Waals surface area contributed by atoms with Gasteiger partial charge in [-0.1, -0.05) is 19.3 Å². The molecule has 0 spiro atoms. The van der Waals surface area contributed by atoms with Crippen molar-refractivity contribution in [1.29, 1.82) is 0 Å². The fraction of sp³-hybridized carbons (Fsp3) is 0.571. The van der Waals surface area contributed by atoms with E-state index >= 15 is 0 Å². The zero-order chi connectivity index (χ0) is 12.3. The highest BCUT2D eigenvalue weighted by Crippen LogP contribution is 2.29. The van der Waals surface area contributed by atoms with Crippen molar-refractivity contribution in [3.63, 3.8) is 0 Å². The van der Waals surface area contributed by atoms with Crippen LogP contribution in [0, 0.1) is 12.8 Å².